The van der Waals surface area contributed by atoms with Crippen LogP contribution in [0.25, 0.3) is 87.6 Å². The second kappa shape index (κ2) is 14.6. The molecular weight excluding hydrogens is 601 g/mol. The van der Waals surface area contributed by atoms with Crippen LogP contribution in [0.1, 0.15) is 27.7 Å². The fourth-order valence-electron chi connectivity index (χ4n) is 7.42. The fourth-order valence-corrected chi connectivity index (χ4v) is 7.42. The Morgan fingerprint density at radius 1 is 0.240 bits per heavy atom. The predicted octanol–water partition coefficient (Wildman–Crippen LogP) is 15.0. The first-order valence-electron chi connectivity index (χ1n) is 17.9. The van der Waals surface area contributed by atoms with Crippen LogP contribution >= 0.6 is 0 Å². The highest BCUT2D eigenvalue weighted by molar-refractivity contribution is 6.25. The van der Waals surface area contributed by atoms with Gasteiger partial charge in [0.15, 0.2) is 0 Å². The number of fused-ring (bicyclic) bond motifs is 5. The van der Waals surface area contributed by atoms with Crippen molar-refractivity contribution in [2.75, 3.05) is 0 Å². The molecule has 0 heteroatoms. The summed E-state index contributed by atoms with van der Waals surface area (Å²) in [4.78, 5) is 0. The van der Waals surface area contributed by atoms with Crippen molar-refractivity contribution in [1.82, 2.24) is 0 Å². The maximum absolute atomic E-state index is 2.40. The molecule has 9 aromatic carbocycles. The highest BCUT2D eigenvalue weighted by Gasteiger charge is 2.20. The molecule has 0 radical (unpaired) electrons. The van der Waals surface area contributed by atoms with E-state index in [2.05, 4.69) is 182 Å². The van der Waals surface area contributed by atoms with E-state index < -0.39 is 0 Å². The Kier molecular flexibility index (Phi) is 9.54. The third kappa shape index (κ3) is 5.74. The maximum Gasteiger partial charge on any atom is -0.00199 e. The van der Waals surface area contributed by atoms with E-state index in [1.165, 1.54) is 87.6 Å². The fraction of sp³-hybridized carbons (Fsp3) is 0.0800. The summed E-state index contributed by atoms with van der Waals surface area (Å²) in [5.41, 5.74) is 9.99. The van der Waals surface area contributed by atoms with Crippen molar-refractivity contribution < 1.29 is 0 Å². The van der Waals surface area contributed by atoms with Crippen LogP contribution in [0.2, 0.25) is 0 Å². The highest BCUT2D eigenvalue weighted by Crippen LogP contribution is 2.47. The van der Waals surface area contributed by atoms with Crippen molar-refractivity contribution in [3.63, 3.8) is 0 Å². The van der Waals surface area contributed by atoms with Gasteiger partial charge in [-0.1, -0.05) is 198 Å². The van der Waals surface area contributed by atoms with Crippen molar-refractivity contribution in [1.29, 1.82) is 0 Å². The molecule has 0 atom stereocenters. The second-order valence-electron chi connectivity index (χ2n) is 12.0. The third-order valence-corrected chi connectivity index (χ3v) is 9.45. The standard InChI is InChI=1S/C46H30.2C2H6/c1-3-15-31(16-4-1)36-28-27-34(30-43(36)32-17-5-2-6-18-32)45-39-23-11-13-25-41(39)46(42-26-14-12-24-40(42)45)44-29-33-19-7-8-20-35(33)37-21-9-10-22-38(37)44;2*1-2/h1-30H;2*1-2H3. The zero-order valence-electron chi connectivity index (χ0n) is 29.3. The Morgan fingerprint density at radius 2 is 0.660 bits per heavy atom. The average molecular weight is 643 g/mol. The first kappa shape index (κ1) is 32.6. The summed E-state index contributed by atoms with van der Waals surface area (Å²) >= 11 is 0. The van der Waals surface area contributed by atoms with Crippen LogP contribution in [0.5, 0.6) is 0 Å². The normalized spacial score (nSPS) is 10.8. The minimum absolute atomic E-state index is 1.22. The second-order valence-corrected chi connectivity index (χ2v) is 12.0. The van der Waals surface area contributed by atoms with Gasteiger partial charge >= 0.3 is 0 Å². The lowest BCUT2D eigenvalue weighted by Gasteiger charge is -2.20. The van der Waals surface area contributed by atoms with Crippen molar-refractivity contribution in [3.8, 4) is 44.5 Å². The molecular formula is C50H42. The zero-order valence-corrected chi connectivity index (χ0v) is 29.3. The first-order valence-corrected chi connectivity index (χ1v) is 17.9. The minimum Gasteiger partial charge on any atom is -0.0683 e. The van der Waals surface area contributed by atoms with Gasteiger partial charge in [-0.25, -0.2) is 0 Å². The molecule has 0 heterocycles. The van der Waals surface area contributed by atoms with Gasteiger partial charge in [-0.15, -0.1) is 0 Å². The summed E-state index contributed by atoms with van der Waals surface area (Å²) in [6.07, 6.45) is 0. The van der Waals surface area contributed by atoms with Gasteiger partial charge in [0, 0.05) is 0 Å². The van der Waals surface area contributed by atoms with E-state index >= 15 is 0 Å². The van der Waals surface area contributed by atoms with E-state index in [1.807, 2.05) is 27.7 Å². The largest absolute Gasteiger partial charge is 0.0683 e. The minimum atomic E-state index is 1.22. The van der Waals surface area contributed by atoms with Gasteiger partial charge in [0.1, 0.15) is 0 Å². The summed E-state index contributed by atoms with van der Waals surface area (Å²) in [6, 6.07) is 66.5. The molecule has 9 aromatic rings. The van der Waals surface area contributed by atoms with Gasteiger partial charge in [-0.2, -0.15) is 0 Å². The number of hydrogen-bond acceptors (Lipinski definition) is 0. The lowest BCUT2D eigenvalue weighted by Crippen LogP contribution is -1.93. The highest BCUT2D eigenvalue weighted by atomic mass is 14.2. The summed E-state index contributed by atoms with van der Waals surface area (Å²) in [7, 11) is 0. The lowest BCUT2D eigenvalue weighted by atomic mass is 9.83. The molecule has 0 aliphatic rings. The number of hydrogen-bond donors (Lipinski definition) is 0. The molecule has 50 heavy (non-hydrogen) atoms. The van der Waals surface area contributed by atoms with Gasteiger partial charge in [0.05, 0.1) is 0 Å². The SMILES string of the molecule is CC.CC.c1ccc(-c2ccc(-c3c4ccccc4c(-c4cc5ccccc5c5ccccc45)c4ccccc34)cc2-c2ccccc2)cc1. The Bertz CT molecular complexity index is 2500. The average Bonchev–Trinajstić information content (AvgIpc) is 3.21. The van der Waals surface area contributed by atoms with E-state index in [0.29, 0.717) is 0 Å². The van der Waals surface area contributed by atoms with Gasteiger partial charge in [0.2, 0.25) is 0 Å². The predicted molar refractivity (Wildman–Crippen MR) is 221 cm³/mol. The van der Waals surface area contributed by atoms with Crippen LogP contribution in [0.4, 0.5) is 0 Å². The van der Waals surface area contributed by atoms with Crippen molar-refractivity contribution in [2.45, 2.75) is 27.7 Å². The molecule has 0 aromatic heterocycles. The molecule has 0 nitrogen and oxygen atoms in total. The first-order chi connectivity index (χ1) is 24.8. The molecule has 0 aliphatic heterocycles. The summed E-state index contributed by atoms with van der Waals surface area (Å²) in [5, 5.41) is 10.2. The van der Waals surface area contributed by atoms with Gasteiger partial charge in [0.25, 0.3) is 0 Å². The monoisotopic (exact) mass is 642 g/mol. The number of rotatable bonds is 4. The Hall–Kier alpha value is -5.98. The van der Waals surface area contributed by atoms with Crippen LogP contribution < -0.4 is 0 Å². The topological polar surface area (TPSA) is 0 Å². The van der Waals surface area contributed by atoms with Crippen LogP contribution in [0.3, 0.4) is 0 Å². The van der Waals surface area contributed by atoms with Crippen molar-refractivity contribution in [3.05, 3.63) is 182 Å². The maximum atomic E-state index is 2.40. The zero-order chi connectivity index (χ0) is 34.5. The third-order valence-electron chi connectivity index (χ3n) is 9.45. The van der Waals surface area contributed by atoms with Gasteiger partial charge in [-0.05, 0) is 99.7 Å². The van der Waals surface area contributed by atoms with Crippen LogP contribution in [0, 0.1) is 0 Å². The molecule has 0 saturated heterocycles. The van der Waals surface area contributed by atoms with E-state index in [1.54, 1.807) is 0 Å². The quantitative estimate of drug-likeness (QED) is 0.132. The molecule has 242 valence electrons. The summed E-state index contributed by atoms with van der Waals surface area (Å²) in [6.45, 7) is 8.00. The van der Waals surface area contributed by atoms with E-state index in [4.69, 9.17) is 0 Å². The summed E-state index contributed by atoms with van der Waals surface area (Å²) < 4.78 is 0. The van der Waals surface area contributed by atoms with Gasteiger partial charge < -0.3 is 0 Å². The summed E-state index contributed by atoms with van der Waals surface area (Å²) in [5.74, 6) is 0. The Labute approximate surface area is 296 Å². The molecule has 0 spiro atoms. The van der Waals surface area contributed by atoms with Crippen LogP contribution in [-0.2, 0) is 0 Å². The van der Waals surface area contributed by atoms with Crippen molar-refractivity contribution >= 4 is 43.1 Å². The van der Waals surface area contributed by atoms with Crippen molar-refractivity contribution in [2.24, 2.45) is 0 Å². The number of benzene rings is 9. The molecule has 0 amide bonds. The molecule has 0 N–H and O–H groups in total. The molecule has 0 unspecified atom stereocenters. The van der Waals surface area contributed by atoms with E-state index in [-0.39, 0.29) is 0 Å². The Balaban J connectivity index is 0.000000948. The van der Waals surface area contributed by atoms with E-state index in [9.17, 15) is 0 Å². The van der Waals surface area contributed by atoms with Gasteiger partial charge in [-0.3, -0.25) is 0 Å². The van der Waals surface area contributed by atoms with E-state index in [0.717, 1.165) is 0 Å². The molecule has 0 saturated carbocycles. The molecule has 0 aliphatic carbocycles. The molecule has 0 bridgehead atoms. The smallest absolute Gasteiger partial charge is 0.00199 e. The molecule has 0 fully saturated rings. The Morgan fingerprint density at radius 3 is 1.22 bits per heavy atom. The van der Waals surface area contributed by atoms with Crippen LogP contribution in [0.15, 0.2) is 182 Å². The van der Waals surface area contributed by atoms with Crippen LogP contribution in [-0.4, -0.2) is 0 Å². The molecule has 9 rings (SSSR count). The lowest BCUT2D eigenvalue weighted by molar-refractivity contribution is 1.50.